The van der Waals surface area contributed by atoms with Crippen molar-refractivity contribution in [3.63, 3.8) is 0 Å². The fraction of sp³-hybridized carbons (Fsp3) is 0.304. The van der Waals surface area contributed by atoms with Gasteiger partial charge in [-0.15, -0.1) is 0 Å². The van der Waals surface area contributed by atoms with E-state index in [1.54, 1.807) is 11.0 Å². The van der Waals surface area contributed by atoms with Crippen LogP contribution in [0, 0.1) is 0 Å². The fourth-order valence-corrected chi connectivity index (χ4v) is 3.66. The van der Waals surface area contributed by atoms with E-state index < -0.39 is 0 Å². The first-order chi connectivity index (χ1) is 15.1. The van der Waals surface area contributed by atoms with Gasteiger partial charge in [0.25, 0.3) is 0 Å². The molecule has 2 aliphatic rings. The average Bonchev–Trinajstić information content (AvgIpc) is 2.81. The van der Waals surface area contributed by atoms with Gasteiger partial charge in [-0.2, -0.15) is 0 Å². The number of ether oxygens (including phenoxy) is 2. The molecule has 2 amide bonds. The number of hydrogen-bond acceptors (Lipinski definition) is 5. The highest BCUT2D eigenvalue weighted by Crippen LogP contribution is 2.31. The molecule has 4 rings (SSSR count). The minimum Gasteiger partial charge on any atom is -0.486 e. The number of anilines is 1. The number of piperazine rings is 1. The Labute approximate surface area is 186 Å². The van der Waals surface area contributed by atoms with E-state index in [2.05, 4.69) is 10.2 Å². The van der Waals surface area contributed by atoms with Crippen LogP contribution in [0.15, 0.2) is 48.5 Å². The van der Waals surface area contributed by atoms with Crippen LogP contribution in [-0.2, 0) is 9.59 Å². The van der Waals surface area contributed by atoms with Gasteiger partial charge in [0.15, 0.2) is 11.5 Å². The smallest absolute Gasteiger partial charge is 0.244 e. The van der Waals surface area contributed by atoms with Gasteiger partial charge in [-0.3, -0.25) is 9.59 Å². The van der Waals surface area contributed by atoms with Crippen LogP contribution in [-0.4, -0.2) is 62.7 Å². The van der Waals surface area contributed by atoms with Crippen LogP contribution in [0.1, 0.15) is 5.56 Å². The molecule has 162 valence electrons. The Morgan fingerprint density at radius 3 is 2.42 bits per heavy atom. The van der Waals surface area contributed by atoms with Gasteiger partial charge in [0.2, 0.25) is 11.8 Å². The molecule has 1 N–H and O–H groups in total. The number of amides is 2. The lowest BCUT2D eigenvalue weighted by molar-refractivity contribution is -0.132. The molecule has 0 radical (unpaired) electrons. The first-order valence-electron chi connectivity index (χ1n) is 10.2. The van der Waals surface area contributed by atoms with Crippen molar-refractivity contribution in [1.82, 2.24) is 10.2 Å². The Hall–Kier alpha value is -3.19. The maximum absolute atomic E-state index is 12.4. The Morgan fingerprint density at radius 1 is 0.968 bits per heavy atom. The van der Waals surface area contributed by atoms with E-state index in [-0.39, 0.29) is 18.4 Å². The summed E-state index contributed by atoms with van der Waals surface area (Å²) in [6, 6.07) is 13.2. The lowest BCUT2D eigenvalue weighted by atomic mass is 10.2. The molecule has 2 aromatic carbocycles. The van der Waals surface area contributed by atoms with Crippen molar-refractivity contribution < 1.29 is 19.1 Å². The normalized spacial score (nSPS) is 15.8. The van der Waals surface area contributed by atoms with Gasteiger partial charge in [0.1, 0.15) is 13.2 Å². The van der Waals surface area contributed by atoms with Crippen molar-refractivity contribution in [3.05, 3.63) is 59.1 Å². The third kappa shape index (κ3) is 5.49. The number of carbonyl (C=O) groups is 2. The van der Waals surface area contributed by atoms with Gasteiger partial charge in [0.05, 0.1) is 6.54 Å². The summed E-state index contributed by atoms with van der Waals surface area (Å²) in [7, 11) is 0. The highest BCUT2D eigenvalue weighted by atomic mass is 35.5. The Bertz CT molecular complexity index is 969. The second kappa shape index (κ2) is 9.75. The zero-order chi connectivity index (χ0) is 21.6. The summed E-state index contributed by atoms with van der Waals surface area (Å²) in [6.07, 6.45) is 3.10. The van der Waals surface area contributed by atoms with Gasteiger partial charge in [-0.1, -0.05) is 17.7 Å². The third-order valence-electron chi connectivity index (χ3n) is 5.23. The number of benzene rings is 2. The summed E-state index contributed by atoms with van der Waals surface area (Å²) < 4.78 is 11.0. The fourth-order valence-electron chi connectivity index (χ4n) is 3.53. The van der Waals surface area contributed by atoms with Crippen molar-refractivity contribution >= 4 is 35.2 Å². The molecule has 1 saturated heterocycles. The summed E-state index contributed by atoms with van der Waals surface area (Å²) in [5.41, 5.74) is 1.91. The van der Waals surface area contributed by atoms with Crippen molar-refractivity contribution in [2.75, 3.05) is 50.8 Å². The van der Waals surface area contributed by atoms with E-state index in [1.807, 2.05) is 42.5 Å². The highest BCUT2D eigenvalue weighted by molar-refractivity contribution is 6.30. The van der Waals surface area contributed by atoms with E-state index >= 15 is 0 Å². The molecule has 31 heavy (non-hydrogen) atoms. The first-order valence-corrected chi connectivity index (χ1v) is 10.6. The minimum atomic E-state index is -0.317. The molecule has 0 aromatic heterocycles. The average molecular weight is 442 g/mol. The third-order valence-corrected chi connectivity index (χ3v) is 5.48. The molecular weight excluding hydrogens is 418 g/mol. The van der Waals surface area contributed by atoms with Crippen molar-refractivity contribution in [3.8, 4) is 11.5 Å². The van der Waals surface area contributed by atoms with Crippen molar-refractivity contribution in [2.24, 2.45) is 0 Å². The van der Waals surface area contributed by atoms with E-state index in [0.29, 0.717) is 42.8 Å². The number of nitrogens with zero attached hydrogens (tertiary/aromatic N) is 2. The lowest BCUT2D eigenvalue weighted by Gasteiger charge is -2.36. The van der Waals surface area contributed by atoms with E-state index in [1.165, 1.54) is 6.08 Å². The molecule has 2 aliphatic heterocycles. The van der Waals surface area contributed by atoms with E-state index in [4.69, 9.17) is 21.1 Å². The number of halogens is 1. The van der Waals surface area contributed by atoms with Crippen molar-refractivity contribution in [2.45, 2.75) is 0 Å². The maximum Gasteiger partial charge on any atom is 0.244 e. The van der Waals surface area contributed by atoms with Gasteiger partial charge in [-0.25, -0.2) is 0 Å². The molecule has 0 bridgehead atoms. The molecule has 7 nitrogen and oxygen atoms in total. The number of fused-ring (bicyclic) bond motifs is 1. The number of nitrogens with one attached hydrogen (secondary N) is 1. The lowest BCUT2D eigenvalue weighted by Crippen LogP contribution is -2.51. The van der Waals surface area contributed by atoms with Crippen LogP contribution in [0.5, 0.6) is 11.5 Å². The molecule has 0 aliphatic carbocycles. The summed E-state index contributed by atoms with van der Waals surface area (Å²) in [5.74, 6) is 0.969. The Balaban J connectivity index is 1.22. The predicted octanol–water partition coefficient (Wildman–Crippen LogP) is 2.59. The highest BCUT2D eigenvalue weighted by Gasteiger charge is 2.21. The SMILES string of the molecule is O=C(/C=C/c1ccc2c(c1)OCCO2)NCC(=O)N1CCN(c2ccc(Cl)cc2)CC1. The Morgan fingerprint density at radius 2 is 1.68 bits per heavy atom. The topological polar surface area (TPSA) is 71.1 Å². The van der Waals surface area contributed by atoms with Crippen LogP contribution in [0.2, 0.25) is 5.02 Å². The Kier molecular flexibility index (Phi) is 6.62. The first kappa shape index (κ1) is 21.1. The number of rotatable bonds is 5. The van der Waals surface area contributed by atoms with Gasteiger partial charge >= 0.3 is 0 Å². The molecule has 2 heterocycles. The zero-order valence-electron chi connectivity index (χ0n) is 17.1. The van der Waals surface area contributed by atoms with Crippen LogP contribution in [0.3, 0.4) is 0 Å². The largest absolute Gasteiger partial charge is 0.486 e. The summed E-state index contributed by atoms with van der Waals surface area (Å²) in [6.45, 7) is 3.74. The molecule has 2 aromatic rings. The molecule has 0 unspecified atom stereocenters. The zero-order valence-corrected chi connectivity index (χ0v) is 17.8. The maximum atomic E-state index is 12.4. The standard InChI is InChI=1S/C23H24ClN3O4/c24-18-3-5-19(6-4-18)26-9-11-27(12-10-26)23(29)16-25-22(28)8-2-17-1-7-20-21(15-17)31-14-13-30-20/h1-8,15H,9-14,16H2,(H,25,28)/b8-2+. The quantitative estimate of drug-likeness (QED) is 0.722. The van der Waals surface area contributed by atoms with Crippen LogP contribution >= 0.6 is 11.6 Å². The molecule has 0 atom stereocenters. The van der Waals surface area contributed by atoms with Gasteiger partial charge in [-0.05, 0) is 48.0 Å². The second-order valence-electron chi connectivity index (χ2n) is 7.30. The van der Waals surface area contributed by atoms with Crippen LogP contribution in [0.25, 0.3) is 6.08 Å². The molecule has 0 spiro atoms. The summed E-state index contributed by atoms with van der Waals surface area (Å²) in [5, 5.41) is 3.37. The number of hydrogen-bond donors (Lipinski definition) is 1. The minimum absolute atomic E-state index is 0.0226. The predicted molar refractivity (Wildman–Crippen MR) is 120 cm³/mol. The van der Waals surface area contributed by atoms with Crippen LogP contribution < -0.4 is 19.7 Å². The monoisotopic (exact) mass is 441 g/mol. The van der Waals surface area contributed by atoms with Crippen molar-refractivity contribution in [1.29, 1.82) is 0 Å². The number of carbonyl (C=O) groups excluding carboxylic acids is 2. The summed E-state index contributed by atoms with van der Waals surface area (Å²) in [4.78, 5) is 28.6. The molecule has 0 saturated carbocycles. The molecule has 8 heteroatoms. The van der Waals surface area contributed by atoms with Gasteiger partial charge < -0.3 is 24.6 Å². The van der Waals surface area contributed by atoms with E-state index in [0.717, 1.165) is 24.3 Å². The van der Waals surface area contributed by atoms with Crippen LogP contribution in [0.4, 0.5) is 5.69 Å². The van der Waals surface area contributed by atoms with E-state index in [9.17, 15) is 9.59 Å². The summed E-state index contributed by atoms with van der Waals surface area (Å²) >= 11 is 5.94. The molecule has 1 fully saturated rings. The second-order valence-corrected chi connectivity index (χ2v) is 7.73. The van der Waals surface area contributed by atoms with Gasteiger partial charge in [0, 0.05) is 43.0 Å². The molecular formula is C23H24ClN3O4.